The van der Waals surface area contributed by atoms with Gasteiger partial charge in [-0.05, 0) is 19.3 Å². The Bertz CT molecular complexity index is 542. The fourth-order valence-electron chi connectivity index (χ4n) is 3.33. The van der Waals surface area contributed by atoms with E-state index in [1.807, 2.05) is 11.6 Å². The van der Waals surface area contributed by atoms with Gasteiger partial charge in [-0.3, -0.25) is 9.48 Å². The molecule has 0 radical (unpaired) electrons. The van der Waals surface area contributed by atoms with Crippen LogP contribution < -0.4 is 10.6 Å². The molecule has 1 aromatic heterocycles. The number of hydrogen-bond acceptors (Lipinski definition) is 4. The molecule has 2 fully saturated rings. The Labute approximate surface area is 131 Å². The zero-order valence-electron chi connectivity index (χ0n) is 13.7. The summed E-state index contributed by atoms with van der Waals surface area (Å²) in [4.78, 5) is 12.8. The molecular weight excluding hydrogens is 280 g/mol. The molecule has 0 aliphatic carbocycles. The van der Waals surface area contributed by atoms with Gasteiger partial charge in [0, 0.05) is 25.6 Å². The topological polar surface area (TPSA) is 68.2 Å². The third-order valence-corrected chi connectivity index (χ3v) is 5.01. The summed E-state index contributed by atoms with van der Waals surface area (Å²) in [7, 11) is 0. The van der Waals surface area contributed by atoms with Crippen molar-refractivity contribution in [3.05, 3.63) is 11.9 Å². The molecule has 2 aliphatic rings. The lowest BCUT2D eigenvalue weighted by molar-refractivity contribution is -0.125. The van der Waals surface area contributed by atoms with Crippen molar-refractivity contribution in [2.75, 3.05) is 31.6 Å². The Morgan fingerprint density at radius 3 is 3.23 bits per heavy atom. The predicted molar refractivity (Wildman–Crippen MR) is 84.7 cm³/mol. The van der Waals surface area contributed by atoms with Crippen molar-refractivity contribution in [2.45, 2.75) is 33.7 Å². The van der Waals surface area contributed by atoms with Gasteiger partial charge in [0.15, 0.2) is 0 Å². The molecule has 0 saturated carbocycles. The highest BCUT2D eigenvalue weighted by molar-refractivity contribution is 5.96. The summed E-state index contributed by atoms with van der Waals surface area (Å²) < 4.78 is 7.53. The van der Waals surface area contributed by atoms with E-state index in [1.165, 1.54) is 0 Å². The van der Waals surface area contributed by atoms with Gasteiger partial charge in [-0.15, -0.1) is 0 Å². The van der Waals surface area contributed by atoms with Crippen LogP contribution in [0.3, 0.4) is 0 Å². The minimum absolute atomic E-state index is 0.0616. The number of aromatic nitrogens is 2. The van der Waals surface area contributed by atoms with Gasteiger partial charge < -0.3 is 15.4 Å². The lowest BCUT2D eigenvalue weighted by Crippen LogP contribution is -2.42. The molecule has 1 amide bonds. The van der Waals surface area contributed by atoms with Crippen LogP contribution in [0.5, 0.6) is 0 Å². The molecule has 0 aromatic carbocycles. The molecular formula is C16H26N4O2. The third kappa shape index (κ3) is 2.65. The first-order valence-electron chi connectivity index (χ1n) is 8.15. The van der Waals surface area contributed by atoms with Gasteiger partial charge >= 0.3 is 0 Å². The second kappa shape index (κ2) is 6.01. The third-order valence-electron chi connectivity index (χ3n) is 5.01. The van der Waals surface area contributed by atoms with Crippen LogP contribution in [0, 0.1) is 24.2 Å². The van der Waals surface area contributed by atoms with Gasteiger partial charge in [0.05, 0.1) is 36.2 Å². The number of carbonyl (C=O) groups excluding carboxylic acids is 1. The van der Waals surface area contributed by atoms with Crippen LogP contribution in [0.4, 0.5) is 5.69 Å². The van der Waals surface area contributed by atoms with E-state index in [9.17, 15) is 4.79 Å². The summed E-state index contributed by atoms with van der Waals surface area (Å²) in [6.45, 7) is 10.0. The fourth-order valence-corrected chi connectivity index (χ4v) is 3.33. The Balaban J connectivity index is 1.69. The average molecular weight is 306 g/mol. The number of hydrogen-bond donors (Lipinski definition) is 2. The molecule has 2 atom stereocenters. The van der Waals surface area contributed by atoms with Crippen LogP contribution in [0.2, 0.25) is 0 Å². The van der Waals surface area contributed by atoms with Crippen molar-refractivity contribution in [1.82, 2.24) is 15.1 Å². The van der Waals surface area contributed by atoms with Gasteiger partial charge in [0.25, 0.3) is 0 Å². The molecule has 6 heteroatoms. The summed E-state index contributed by atoms with van der Waals surface area (Å²) >= 11 is 0. The predicted octanol–water partition coefficient (Wildman–Crippen LogP) is 1.41. The maximum atomic E-state index is 12.8. The first-order valence-corrected chi connectivity index (χ1v) is 8.15. The molecule has 2 saturated heterocycles. The molecule has 2 N–H and O–H groups in total. The van der Waals surface area contributed by atoms with E-state index in [2.05, 4.69) is 29.6 Å². The smallest absolute Gasteiger partial charge is 0.234 e. The van der Waals surface area contributed by atoms with Gasteiger partial charge in [0.2, 0.25) is 5.91 Å². The van der Waals surface area contributed by atoms with Crippen LogP contribution in [0.25, 0.3) is 0 Å². The summed E-state index contributed by atoms with van der Waals surface area (Å²) in [5.74, 6) is 0.983. The number of anilines is 1. The van der Waals surface area contributed by atoms with E-state index in [4.69, 9.17) is 4.74 Å². The Kier molecular flexibility index (Phi) is 4.23. The van der Waals surface area contributed by atoms with E-state index in [0.717, 1.165) is 30.9 Å². The number of nitrogens with one attached hydrogen (secondary N) is 2. The number of rotatable bonds is 5. The zero-order valence-corrected chi connectivity index (χ0v) is 13.7. The van der Waals surface area contributed by atoms with Crippen LogP contribution in [-0.4, -0.2) is 42.0 Å². The SMILES string of the molecule is Cc1c(NC(=O)[C@]23CNC[C@H]2COC3)cnn1CCC(C)C. The van der Waals surface area contributed by atoms with Crippen LogP contribution >= 0.6 is 0 Å². The minimum Gasteiger partial charge on any atom is -0.380 e. The minimum atomic E-state index is -0.410. The standard InChI is InChI=1S/C16H26N4O2/c1-11(2)4-5-20-12(3)14(7-18-20)19-15(21)16-9-17-6-13(16)8-22-10-16/h7,11,13,17H,4-6,8-10H2,1-3H3,(H,19,21)/t13-,16-/m0/s1. The molecule has 22 heavy (non-hydrogen) atoms. The molecule has 6 nitrogen and oxygen atoms in total. The first-order chi connectivity index (χ1) is 10.5. The number of carbonyl (C=O) groups is 1. The van der Waals surface area contributed by atoms with Crippen LogP contribution in [0.1, 0.15) is 26.0 Å². The number of aryl methyl sites for hydroxylation is 1. The highest BCUT2D eigenvalue weighted by Gasteiger charge is 2.53. The van der Waals surface area contributed by atoms with E-state index >= 15 is 0 Å². The highest BCUT2D eigenvalue weighted by atomic mass is 16.5. The van der Waals surface area contributed by atoms with Crippen LogP contribution in [0.15, 0.2) is 6.20 Å². The molecule has 122 valence electrons. The maximum Gasteiger partial charge on any atom is 0.234 e. The normalized spacial score (nSPS) is 27.4. The maximum absolute atomic E-state index is 12.8. The van der Waals surface area contributed by atoms with E-state index in [0.29, 0.717) is 25.7 Å². The zero-order chi connectivity index (χ0) is 15.7. The van der Waals surface area contributed by atoms with Crippen LogP contribution in [-0.2, 0) is 16.1 Å². The Morgan fingerprint density at radius 2 is 2.45 bits per heavy atom. The van der Waals surface area contributed by atoms with Crippen molar-refractivity contribution in [3.8, 4) is 0 Å². The Morgan fingerprint density at radius 1 is 1.64 bits per heavy atom. The summed E-state index contributed by atoms with van der Waals surface area (Å²) in [5, 5.41) is 10.8. The van der Waals surface area contributed by atoms with E-state index in [1.54, 1.807) is 6.20 Å². The molecule has 2 aliphatic heterocycles. The molecule has 0 bridgehead atoms. The second-order valence-electron chi connectivity index (χ2n) is 7.00. The molecule has 3 heterocycles. The van der Waals surface area contributed by atoms with Crippen molar-refractivity contribution in [3.63, 3.8) is 0 Å². The number of ether oxygens (including phenoxy) is 1. The number of nitrogens with zero attached hydrogens (tertiary/aromatic N) is 2. The van der Waals surface area contributed by atoms with Crippen molar-refractivity contribution < 1.29 is 9.53 Å². The number of amides is 1. The monoisotopic (exact) mass is 306 g/mol. The lowest BCUT2D eigenvalue weighted by atomic mass is 9.80. The second-order valence-corrected chi connectivity index (χ2v) is 7.00. The summed E-state index contributed by atoms with van der Waals surface area (Å²) in [6, 6.07) is 0. The first kappa shape index (κ1) is 15.5. The van der Waals surface area contributed by atoms with Crippen molar-refractivity contribution >= 4 is 11.6 Å². The largest absolute Gasteiger partial charge is 0.380 e. The molecule has 0 spiro atoms. The van der Waals surface area contributed by atoms with Gasteiger partial charge in [-0.1, -0.05) is 13.8 Å². The van der Waals surface area contributed by atoms with Gasteiger partial charge in [-0.2, -0.15) is 5.10 Å². The summed E-state index contributed by atoms with van der Waals surface area (Å²) in [6.07, 6.45) is 2.84. The lowest BCUT2D eigenvalue weighted by Gasteiger charge is -2.24. The fraction of sp³-hybridized carbons (Fsp3) is 0.750. The van der Waals surface area contributed by atoms with Gasteiger partial charge in [0.1, 0.15) is 0 Å². The molecule has 1 aromatic rings. The average Bonchev–Trinajstić information content (AvgIpc) is 3.12. The number of fused-ring (bicyclic) bond motifs is 1. The molecule has 3 rings (SSSR count). The van der Waals surface area contributed by atoms with Gasteiger partial charge in [-0.25, -0.2) is 0 Å². The molecule has 0 unspecified atom stereocenters. The van der Waals surface area contributed by atoms with E-state index in [-0.39, 0.29) is 11.8 Å². The quantitative estimate of drug-likeness (QED) is 0.863. The summed E-state index contributed by atoms with van der Waals surface area (Å²) in [5.41, 5.74) is 1.43. The van der Waals surface area contributed by atoms with Crippen molar-refractivity contribution in [1.29, 1.82) is 0 Å². The Hall–Kier alpha value is -1.40. The van der Waals surface area contributed by atoms with E-state index < -0.39 is 5.41 Å². The highest BCUT2D eigenvalue weighted by Crippen LogP contribution is 2.38. The van der Waals surface area contributed by atoms with Crippen molar-refractivity contribution in [2.24, 2.45) is 17.3 Å².